The van der Waals surface area contributed by atoms with Gasteiger partial charge in [0.25, 0.3) is 0 Å². The van der Waals surface area contributed by atoms with Crippen LogP contribution in [-0.4, -0.2) is 38.0 Å². The summed E-state index contributed by atoms with van der Waals surface area (Å²) in [5, 5.41) is 13.9. The first-order chi connectivity index (χ1) is 9.21. The molecule has 1 aromatic carbocycles. The highest BCUT2D eigenvalue weighted by molar-refractivity contribution is 5.89. The first kappa shape index (κ1) is 15.1. The minimum absolute atomic E-state index is 0.0529. The predicted molar refractivity (Wildman–Crippen MR) is 72.9 cm³/mol. The molecule has 106 valence electrons. The summed E-state index contributed by atoms with van der Waals surface area (Å²) in [6, 6.07) is 4.84. The molecule has 0 radical (unpaired) electrons. The average Bonchev–Trinajstić information content (AvgIpc) is 2.40. The molecule has 1 rings (SSSR count). The maximum absolute atomic E-state index is 11.5. The van der Waals surface area contributed by atoms with Gasteiger partial charge < -0.3 is 25.2 Å². The van der Waals surface area contributed by atoms with Gasteiger partial charge in [-0.05, 0) is 25.5 Å². The third-order valence-electron chi connectivity index (χ3n) is 2.34. The third kappa shape index (κ3) is 5.05. The quantitative estimate of drug-likeness (QED) is 0.656. The van der Waals surface area contributed by atoms with Crippen LogP contribution in [0.2, 0.25) is 0 Å². The van der Waals surface area contributed by atoms with Crippen LogP contribution in [0, 0.1) is 0 Å². The highest BCUT2D eigenvalue weighted by Crippen LogP contribution is 2.30. The summed E-state index contributed by atoms with van der Waals surface area (Å²) in [5.41, 5.74) is 0.616. The van der Waals surface area contributed by atoms with Gasteiger partial charge in [-0.2, -0.15) is 0 Å². The summed E-state index contributed by atoms with van der Waals surface area (Å²) in [6.45, 7) is 2.87. The number of carbonyl (C=O) groups is 1. The summed E-state index contributed by atoms with van der Waals surface area (Å²) in [5.74, 6) is 1.20. The van der Waals surface area contributed by atoms with E-state index in [1.807, 2.05) is 6.92 Å². The van der Waals surface area contributed by atoms with E-state index in [1.165, 1.54) is 0 Å². The minimum Gasteiger partial charge on any atom is -0.493 e. The lowest BCUT2D eigenvalue weighted by molar-refractivity contribution is 0.249. The second-order valence-corrected chi connectivity index (χ2v) is 3.76. The van der Waals surface area contributed by atoms with Gasteiger partial charge in [-0.15, -0.1) is 0 Å². The summed E-state index contributed by atoms with van der Waals surface area (Å²) in [7, 11) is 1.56. The van der Waals surface area contributed by atoms with Crippen LogP contribution in [0.1, 0.15) is 13.3 Å². The Morgan fingerprint density at radius 2 is 2.16 bits per heavy atom. The Hall–Kier alpha value is -1.95. The summed E-state index contributed by atoms with van der Waals surface area (Å²) in [4.78, 5) is 11.5. The van der Waals surface area contributed by atoms with Crippen molar-refractivity contribution in [2.45, 2.75) is 13.3 Å². The lowest BCUT2D eigenvalue weighted by Gasteiger charge is -2.12. The van der Waals surface area contributed by atoms with Gasteiger partial charge in [-0.1, -0.05) is 0 Å². The largest absolute Gasteiger partial charge is 0.493 e. The third-order valence-corrected chi connectivity index (χ3v) is 2.34. The Balaban J connectivity index is 2.63. The Bertz CT molecular complexity index is 410. The predicted octanol–water partition coefficient (Wildman–Crippen LogP) is 1.60. The molecule has 2 amide bonds. The number of hydrogen-bond donors (Lipinski definition) is 3. The molecule has 0 atom stereocenters. The Kier molecular flexibility index (Phi) is 6.52. The van der Waals surface area contributed by atoms with E-state index in [1.54, 1.807) is 25.3 Å². The molecule has 0 unspecified atom stereocenters. The summed E-state index contributed by atoms with van der Waals surface area (Å²) < 4.78 is 10.6. The van der Waals surface area contributed by atoms with Gasteiger partial charge in [0.2, 0.25) is 0 Å². The summed E-state index contributed by atoms with van der Waals surface area (Å²) >= 11 is 0. The van der Waals surface area contributed by atoms with E-state index in [4.69, 9.17) is 14.6 Å². The molecular formula is C13H20N2O4. The molecule has 6 heteroatoms. The van der Waals surface area contributed by atoms with Crippen LogP contribution < -0.4 is 20.1 Å². The minimum atomic E-state index is -0.318. The zero-order chi connectivity index (χ0) is 14.1. The van der Waals surface area contributed by atoms with Crippen LogP contribution in [0.3, 0.4) is 0 Å². The molecule has 0 aromatic heterocycles. The monoisotopic (exact) mass is 268 g/mol. The number of nitrogens with one attached hydrogen (secondary N) is 2. The number of rotatable bonds is 7. The molecule has 19 heavy (non-hydrogen) atoms. The maximum Gasteiger partial charge on any atom is 0.319 e. The fourth-order valence-corrected chi connectivity index (χ4v) is 1.48. The van der Waals surface area contributed by atoms with Crippen molar-refractivity contribution in [3.8, 4) is 11.5 Å². The van der Waals surface area contributed by atoms with Crippen molar-refractivity contribution in [3.63, 3.8) is 0 Å². The van der Waals surface area contributed by atoms with Gasteiger partial charge in [-0.3, -0.25) is 0 Å². The number of carbonyl (C=O) groups excluding carboxylic acids is 1. The van der Waals surface area contributed by atoms with Gasteiger partial charge in [0.15, 0.2) is 11.5 Å². The van der Waals surface area contributed by atoms with E-state index < -0.39 is 0 Å². The molecule has 0 heterocycles. The Morgan fingerprint density at radius 3 is 2.79 bits per heavy atom. The van der Waals surface area contributed by atoms with Crippen LogP contribution in [-0.2, 0) is 0 Å². The Labute approximate surface area is 112 Å². The van der Waals surface area contributed by atoms with Gasteiger partial charge >= 0.3 is 6.03 Å². The van der Waals surface area contributed by atoms with Crippen LogP contribution in [0.15, 0.2) is 18.2 Å². The first-order valence-electron chi connectivity index (χ1n) is 6.17. The van der Waals surface area contributed by atoms with Crippen molar-refractivity contribution in [1.29, 1.82) is 0 Å². The molecular weight excluding hydrogens is 248 g/mol. The number of anilines is 1. The molecule has 0 aliphatic rings. The van der Waals surface area contributed by atoms with E-state index in [2.05, 4.69) is 10.6 Å². The van der Waals surface area contributed by atoms with E-state index in [0.717, 1.165) is 0 Å². The van der Waals surface area contributed by atoms with Crippen LogP contribution in [0.5, 0.6) is 11.5 Å². The molecule has 3 N–H and O–H groups in total. The number of hydrogen-bond acceptors (Lipinski definition) is 4. The van der Waals surface area contributed by atoms with Gasteiger partial charge in [0.1, 0.15) is 0 Å². The zero-order valence-electron chi connectivity index (χ0n) is 11.2. The van der Waals surface area contributed by atoms with Crippen molar-refractivity contribution in [2.24, 2.45) is 0 Å². The lowest BCUT2D eigenvalue weighted by Crippen LogP contribution is -2.29. The number of methoxy groups -OCH3 is 1. The van der Waals surface area contributed by atoms with Crippen LogP contribution >= 0.6 is 0 Å². The Morgan fingerprint density at radius 1 is 1.37 bits per heavy atom. The topological polar surface area (TPSA) is 79.8 Å². The first-order valence-corrected chi connectivity index (χ1v) is 6.17. The zero-order valence-corrected chi connectivity index (χ0v) is 11.2. The normalized spacial score (nSPS) is 9.84. The fraction of sp³-hybridized carbons (Fsp3) is 0.462. The van der Waals surface area contributed by atoms with Crippen LogP contribution in [0.4, 0.5) is 10.5 Å². The van der Waals surface area contributed by atoms with Gasteiger partial charge in [0, 0.05) is 24.9 Å². The van der Waals surface area contributed by atoms with Crippen LogP contribution in [0.25, 0.3) is 0 Å². The highest BCUT2D eigenvalue weighted by Gasteiger charge is 2.07. The van der Waals surface area contributed by atoms with E-state index in [0.29, 0.717) is 36.8 Å². The molecule has 0 aliphatic carbocycles. The molecule has 0 bridgehead atoms. The van der Waals surface area contributed by atoms with Crippen molar-refractivity contribution in [3.05, 3.63) is 18.2 Å². The fourth-order valence-electron chi connectivity index (χ4n) is 1.48. The van der Waals surface area contributed by atoms with Gasteiger partial charge in [-0.25, -0.2) is 4.79 Å². The second-order valence-electron chi connectivity index (χ2n) is 3.76. The highest BCUT2D eigenvalue weighted by atomic mass is 16.5. The molecule has 1 aromatic rings. The lowest BCUT2D eigenvalue weighted by atomic mass is 10.2. The average molecular weight is 268 g/mol. The smallest absolute Gasteiger partial charge is 0.319 e. The second kappa shape index (κ2) is 8.20. The number of aliphatic hydroxyl groups is 1. The van der Waals surface area contributed by atoms with Crippen molar-refractivity contribution in [2.75, 3.05) is 32.2 Å². The van der Waals surface area contributed by atoms with Crippen molar-refractivity contribution >= 4 is 11.7 Å². The molecule has 0 spiro atoms. The molecule has 0 saturated carbocycles. The standard InChI is InChI=1S/C13H20N2O4/c1-3-19-12-9-10(5-6-11(12)18-2)15-13(17)14-7-4-8-16/h5-6,9,16H,3-4,7-8H2,1-2H3,(H2,14,15,17). The number of ether oxygens (including phenoxy) is 2. The number of aliphatic hydroxyl groups excluding tert-OH is 1. The van der Waals surface area contributed by atoms with E-state index in [-0.39, 0.29) is 12.6 Å². The maximum atomic E-state index is 11.5. The summed E-state index contributed by atoms with van der Waals surface area (Å²) in [6.07, 6.45) is 0.528. The number of amides is 2. The van der Waals surface area contributed by atoms with Crippen molar-refractivity contribution < 1.29 is 19.4 Å². The molecule has 0 fully saturated rings. The number of benzene rings is 1. The van der Waals surface area contributed by atoms with E-state index >= 15 is 0 Å². The molecule has 6 nitrogen and oxygen atoms in total. The van der Waals surface area contributed by atoms with E-state index in [9.17, 15) is 4.79 Å². The molecule has 0 saturated heterocycles. The number of urea groups is 1. The van der Waals surface area contributed by atoms with Crippen molar-refractivity contribution in [1.82, 2.24) is 5.32 Å². The van der Waals surface area contributed by atoms with Gasteiger partial charge in [0.05, 0.1) is 13.7 Å². The molecule has 0 aliphatic heterocycles. The SMILES string of the molecule is CCOc1cc(NC(=O)NCCCO)ccc1OC.